The molecule has 82 valence electrons. The first-order valence-corrected chi connectivity index (χ1v) is 6.05. The van der Waals surface area contributed by atoms with Gasteiger partial charge in [0.1, 0.15) is 11.6 Å². The SMILES string of the molecule is Nc1cccc(Nc2ccc(I)cc2Cl)n1. The lowest BCUT2D eigenvalue weighted by Crippen LogP contribution is -1.97. The first-order chi connectivity index (χ1) is 7.65. The summed E-state index contributed by atoms with van der Waals surface area (Å²) in [6.07, 6.45) is 0. The van der Waals surface area contributed by atoms with Gasteiger partial charge in [0.2, 0.25) is 0 Å². The van der Waals surface area contributed by atoms with E-state index in [0.717, 1.165) is 9.26 Å². The summed E-state index contributed by atoms with van der Waals surface area (Å²) in [5, 5.41) is 3.78. The van der Waals surface area contributed by atoms with Gasteiger partial charge in [0.05, 0.1) is 10.7 Å². The Morgan fingerprint density at radius 1 is 1.25 bits per heavy atom. The summed E-state index contributed by atoms with van der Waals surface area (Å²) in [5.41, 5.74) is 6.41. The number of aromatic nitrogens is 1. The van der Waals surface area contributed by atoms with Crippen molar-refractivity contribution in [2.24, 2.45) is 0 Å². The highest BCUT2D eigenvalue weighted by Crippen LogP contribution is 2.26. The van der Waals surface area contributed by atoms with Gasteiger partial charge < -0.3 is 11.1 Å². The van der Waals surface area contributed by atoms with Crippen LogP contribution in [0.3, 0.4) is 0 Å². The molecule has 0 radical (unpaired) electrons. The van der Waals surface area contributed by atoms with Crippen LogP contribution in [0.1, 0.15) is 0 Å². The van der Waals surface area contributed by atoms with Crippen molar-refractivity contribution in [3.05, 3.63) is 45.0 Å². The van der Waals surface area contributed by atoms with Crippen molar-refractivity contribution >= 4 is 51.5 Å². The number of hydrogen-bond acceptors (Lipinski definition) is 3. The smallest absolute Gasteiger partial charge is 0.132 e. The van der Waals surface area contributed by atoms with Crippen LogP contribution in [-0.2, 0) is 0 Å². The number of nitrogens with two attached hydrogens (primary N) is 1. The summed E-state index contributed by atoms with van der Waals surface area (Å²) in [6.45, 7) is 0. The molecule has 2 rings (SSSR count). The zero-order chi connectivity index (χ0) is 11.5. The number of hydrogen-bond donors (Lipinski definition) is 2. The average molecular weight is 346 g/mol. The fourth-order valence-corrected chi connectivity index (χ4v) is 2.15. The number of halogens is 2. The second kappa shape index (κ2) is 4.88. The Morgan fingerprint density at radius 3 is 2.75 bits per heavy atom. The number of rotatable bonds is 2. The maximum absolute atomic E-state index is 6.09. The quantitative estimate of drug-likeness (QED) is 0.817. The van der Waals surface area contributed by atoms with Crippen LogP contribution >= 0.6 is 34.2 Å². The lowest BCUT2D eigenvalue weighted by Gasteiger charge is -2.08. The molecule has 0 aliphatic heterocycles. The average Bonchev–Trinajstić information content (AvgIpc) is 2.22. The maximum atomic E-state index is 6.09. The Hall–Kier alpha value is -1.01. The van der Waals surface area contributed by atoms with Crippen molar-refractivity contribution in [3.8, 4) is 0 Å². The van der Waals surface area contributed by atoms with Crippen LogP contribution in [0.15, 0.2) is 36.4 Å². The van der Waals surface area contributed by atoms with Crippen LogP contribution < -0.4 is 11.1 Å². The monoisotopic (exact) mass is 345 g/mol. The second-order valence-electron chi connectivity index (χ2n) is 3.20. The van der Waals surface area contributed by atoms with Crippen LogP contribution in [0.5, 0.6) is 0 Å². The highest BCUT2D eigenvalue weighted by Gasteiger charge is 2.02. The zero-order valence-electron chi connectivity index (χ0n) is 8.24. The molecule has 0 aliphatic carbocycles. The van der Waals surface area contributed by atoms with Gasteiger partial charge in [-0.05, 0) is 52.9 Å². The largest absolute Gasteiger partial charge is 0.384 e. The first-order valence-electron chi connectivity index (χ1n) is 4.60. The van der Waals surface area contributed by atoms with Crippen LogP contribution in [0.4, 0.5) is 17.3 Å². The van der Waals surface area contributed by atoms with Gasteiger partial charge in [-0.3, -0.25) is 0 Å². The molecule has 0 fully saturated rings. The predicted molar refractivity (Wildman–Crippen MR) is 76.1 cm³/mol. The first kappa shape index (κ1) is 11.5. The molecule has 0 unspecified atom stereocenters. The molecule has 0 saturated carbocycles. The van der Waals surface area contributed by atoms with E-state index in [9.17, 15) is 0 Å². The number of nitrogens with zero attached hydrogens (tertiary/aromatic N) is 1. The molecule has 1 aromatic carbocycles. The van der Waals surface area contributed by atoms with Crippen molar-refractivity contribution in [3.63, 3.8) is 0 Å². The fraction of sp³-hybridized carbons (Fsp3) is 0. The third-order valence-electron chi connectivity index (χ3n) is 1.96. The minimum absolute atomic E-state index is 0.478. The summed E-state index contributed by atoms with van der Waals surface area (Å²) in [7, 11) is 0. The number of nitrogens with one attached hydrogen (secondary N) is 1. The molecule has 1 heterocycles. The van der Waals surface area contributed by atoms with Crippen molar-refractivity contribution in [1.29, 1.82) is 0 Å². The molecule has 0 amide bonds. The Bertz CT molecular complexity index is 516. The molecule has 2 aromatic rings. The topological polar surface area (TPSA) is 50.9 Å². The predicted octanol–water partition coefficient (Wildman–Crippen LogP) is 3.67. The van der Waals surface area contributed by atoms with Crippen LogP contribution in [0.25, 0.3) is 0 Å². The third-order valence-corrected chi connectivity index (χ3v) is 2.95. The van der Waals surface area contributed by atoms with Gasteiger partial charge in [-0.1, -0.05) is 17.7 Å². The number of anilines is 3. The lowest BCUT2D eigenvalue weighted by atomic mass is 10.3. The third kappa shape index (κ3) is 2.76. The van der Waals surface area contributed by atoms with Gasteiger partial charge in [0.25, 0.3) is 0 Å². The van der Waals surface area contributed by atoms with E-state index < -0.39 is 0 Å². The van der Waals surface area contributed by atoms with Gasteiger partial charge in [0, 0.05) is 3.57 Å². The molecule has 0 aliphatic rings. The maximum Gasteiger partial charge on any atom is 0.132 e. The Morgan fingerprint density at radius 2 is 2.06 bits per heavy atom. The highest BCUT2D eigenvalue weighted by molar-refractivity contribution is 14.1. The minimum atomic E-state index is 0.478. The van der Waals surface area contributed by atoms with Gasteiger partial charge in [-0.2, -0.15) is 0 Å². The Balaban J connectivity index is 2.27. The molecule has 0 saturated heterocycles. The molecule has 0 atom stereocenters. The molecular weight excluding hydrogens is 336 g/mol. The van der Waals surface area contributed by atoms with Gasteiger partial charge in [-0.25, -0.2) is 4.98 Å². The van der Waals surface area contributed by atoms with Gasteiger partial charge in [-0.15, -0.1) is 0 Å². The Kier molecular flexibility index (Phi) is 3.50. The number of pyridine rings is 1. The molecule has 0 spiro atoms. The Labute approximate surface area is 112 Å². The van der Waals surface area contributed by atoms with E-state index in [1.807, 2.05) is 30.3 Å². The van der Waals surface area contributed by atoms with Crippen molar-refractivity contribution in [1.82, 2.24) is 4.98 Å². The van der Waals surface area contributed by atoms with E-state index in [4.69, 9.17) is 17.3 Å². The standard InChI is InChI=1S/C11H9ClIN3/c12-8-6-7(13)4-5-9(8)15-11-3-1-2-10(14)16-11/h1-6H,(H3,14,15,16). The summed E-state index contributed by atoms with van der Waals surface area (Å²) in [4.78, 5) is 4.14. The normalized spacial score (nSPS) is 10.1. The van der Waals surface area contributed by atoms with Gasteiger partial charge in [0.15, 0.2) is 0 Å². The molecule has 3 N–H and O–H groups in total. The molecule has 0 bridgehead atoms. The molecule has 16 heavy (non-hydrogen) atoms. The molecule has 5 heteroatoms. The van der Waals surface area contributed by atoms with E-state index >= 15 is 0 Å². The van der Waals surface area contributed by atoms with Gasteiger partial charge >= 0.3 is 0 Å². The summed E-state index contributed by atoms with van der Waals surface area (Å²) >= 11 is 8.30. The summed E-state index contributed by atoms with van der Waals surface area (Å²) in [6, 6.07) is 11.2. The van der Waals surface area contributed by atoms with E-state index in [1.165, 1.54) is 0 Å². The van der Waals surface area contributed by atoms with E-state index in [2.05, 4.69) is 32.9 Å². The number of benzene rings is 1. The van der Waals surface area contributed by atoms with E-state index in [1.54, 1.807) is 6.07 Å². The fourth-order valence-electron chi connectivity index (χ4n) is 1.25. The van der Waals surface area contributed by atoms with E-state index in [-0.39, 0.29) is 0 Å². The minimum Gasteiger partial charge on any atom is -0.384 e. The second-order valence-corrected chi connectivity index (χ2v) is 4.85. The zero-order valence-corrected chi connectivity index (χ0v) is 11.2. The van der Waals surface area contributed by atoms with Crippen molar-refractivity contribution < 1.29 is 0 Å². The van der Waals surface area contributed by atoms with Crippen LogP contribution in [0, 0.1) is 3.57 Å². The molecule has 1 aromatic heterocycles. The van der Waals surface area contributed by atoms with Crippen LogP contribution in [0.2, 0.25) is 5.02 Å². The van der Waals surface area contributed by atoms with E-state index in [0.29, 0.717) is 16.7 Å². The number of nitrogen functional groups attached to an aromatic ring is 1. The molecule has 3 nitrogen and oxygen atoms in total. The lowest BCUT2D eigenvalue weighted by molar-refractivity contribution is 1.31. The molecular formula is C11H9ClIN3. The van der Waals surface area contributed by atoms with Crippen LogP contribution in [-0.4, -0.2) is 4.98 Å². The van der Waals surface area contributed by atoms with Crippen molar-refractivity contribution in [2.45, 2.75) is 0 Å². The summed E-state index contributed by atoms with van der Waals surface area (Å²) in [5.74, 6) is 1.16. The van der Waals surface area contributed by atoms with Crippen molar-refractivity contribution in [2.75, 3.05) is 11.1 Å². The summed E-state index contributed by atoms with van der Waals surface area (Å²) < 4.78 is 1.09. The highest BCUT2D eigenvalue weighted by atomic mass is 127.